The Morgan fingerprint density at radius 1 is 1.36 bits per heavy atom. The summed E-state index contributed by atoms with van der Waals surface area (Å²) < 4.78 is 5.41. The van der Waals surface area contributed by atoms with Gasteiger partial charge >= 0.3 is 0 Å². The maximum atomic E-state index is 12.6. The van der Waals surface area contributed by atoms with Gasteiger partial charge in [-0.1, -0.05) is 24.8 Å². The fourth-order valence-corrected chi connectivity index (χ4v) is 3.45. The van der Waals surface area contributed by atoms with Gasteiger partial charge in [0, 0.05) is 12.3 Å². The second kappa shape index (κ2) is 7.18. The molecule has 0 saturated carbocycles. The number of carbonyl (C=O) groups excluding carboxylic acids is 1. The number of hydrogen-bond acceptors (Lipinski definition) is 6. The van der Waals surface area contributed by atoms with Crippen LogP contribution in [0.5, 0.6) is 11.5 Å². The second-order valence-electron chi connectivity index (χ2n) is 5.53. The summed E-state index contributed by atoms with van der Waals surface area (Å²) in [5, 5.41) is 13.0. The van der Waals surface area contributed by atoms with Crippen LogP contribution in [-0.4, -0.2) is 33.3 Å². The molecule has 1 aliphatic rings. The molecule has 2 aromatic rings. The Morgan fingerprint density at radius 3 is 2.88 bits per heavy atom. The molecule has 0 aliphatic carbocycles. The average Bonchev–Trinajstić information content (AvgIpc) is 2.56. The van der Waals surface area contributed by atoms with Gasteiger partial charge in [0.25, 0.3) is 5.56 Å². The van der Waals surface area contributed by atoms with Crippen LogP contribution in [0.15, 0.2) is 28.2 Å². The molecule has 1 atom stereocenters. The summed E-state index contributed by atoms with van der Waals surface area (Å²) in [4.78, 5) is 31.8. The molecule has 0 radical (unpaired) electrons. The van der Waals surface area contributed by atoms with Gasteiger partial charge in [-0.05, 0) is 30.4 Å². The quantitative estimate of drug-likeness (QED) is 0.558. The fourth-order valence-electron chi connectivity index (χ4n) is 2.86. The summed E-state index contributed by atoms with van der Waals surface area (Å²) in [6.45, 7) is 4.17. The van der Waals surface area contributed by atoms with Gasteiger partial charge in [-0.3, -0.25) is 9.59 Å². The van der Waals surface area contributed by atoms with E-state index in [9.17, 15) is 14.7 Å². The van der Waals surface area contributed by atoms with Crippen LogP contribution in [0.4, 0.5) is 5.82 Å². The zero-order valence-corrected chi connectivity index (χ0v) is 14.8. The Labute approximate surface area is 148 Å². The first-order valence-corrected chi connectivity index (χ1v) is 9.04. The zero-order chi connectivity index (χ0) is 18.0. The minimum absolute atomic E-state index is 0.0211. The summed E-state index contributed by atoms with van der Waals surface area (Å²) in [6.07, 6.45) is 0.133. The van der Waals surface area contributed by atoms with Gasteiger partial charge in [0.05, 0.1) is 12.2 Å². The molecule has 8 heteroatoms. The number of H-pyrrole nitrogens is 1. The number of aromatic amines is 1. The molecule has 0 unspecified atom stereocenters. The lowest BCUT2D eigenvalue weighted by atomic mass is 9.86. The third kappa shape index (κ3) is 3.48. The SMILES string of the molecule is CCOc1cc([C@@H]2CC(=O)Nc3nc(SCC)[nH]c(=O)c32)ccc1O. The van der Waals surface area contributed by atoms with Crippen LogP contribution in [0.1, 0.15) is 37.3 Å². The van der Waals surface area contributed by atoms with E-state index in [1.165, 1.54) is 17.8 Å². The number of ether oxygens (including phenoxy) is 1. The van der Waals surface area contributed by atoms with Crippen molar-refractivity contribution in [3.05, 3.63) is 39.7 Å². The summed E-state index contributed by atoms with van der Waals surface area (Å²) in [5.74, 6) is 0.763. The predicted molar refractivity (Wildman–Crippen MR) is 95.6 cm³/mol. The van der Waals surface area contributed by atoms with E-state index in [0.29, 0.717) is 28.9 Å². The Kier molecular flexibility index (Phi) is 4.98. The lowest BCUT2D eigenvalue weighted by molar-refractivity contribution is -0.116. The van der Waals surface area contributed by atoms with Crippen LogP contribution < -0.4 is 15.6 Å². The number of nitrogens with zero attached hydrogens (tertiary/aromatic N) is 1. The number of benzene rings is 1. The van der Waals surface area contributed by atoms with Crippen LogP contribution in [0, 0.1) is 0 Å². The lowest BCUT2D eigenvalue weighted by Gasteiger charge is -2.25. The molecule has 1 aliphatic heterocycles. The number of carbonyl (C=O) groups is 1. The van der Waals surface area contributed by atoms with Gasteiger partial charge in [-0.2, -0.15) is 0 Å². The summed E-state index contributed by atoms with van der Waals surface area (Å²) in [7, 11) is 0. The highest BCUT2D eigenvalue weighted by atomic mass is 32.2. The minimum atomic E-state index is -0.444. The van der Waals surface area contributed by atoms with E-state index in [-0.39, 0.29) is 23.6 Å². The highest BCUT2D eigenvalue weighted by molar-refractivity contribution is 7.99. The maximum absolute atomic E-state index is 12.6. The molecule has 0 saturated heterocycles. The van der Waals surface area contributed by atoms with Gasteiger partial charge in [0.15, 0.2) is 16.7 Å². The first kappa shape index (κ1) is 17.3. The molecule has 0 bridgehead atoms. The Bertz CT molecular complexity index is 865. The third-order valence-electron chi connectivity index (χ3n) is 3.90. The topological polar surface area (TPSA) is 104 Å². The monoisotopic (exact) mass is 361 g/mol. The highest BCUT2D eigenvalue weighted by Gasteiger charge is 2.31. The fraction of sp³-hybridized carbons (Fsp3) is 0.353. The first-order valence-electron chi connectivity index (χ1n) is 8.06. The molecule has 1 amide bonds. The molecular formula is C17H19N3O4S. The van der Waals surface area contributed by atoms with E-state index >= 15 is 0 Å². The van der Waals surface area contributed by atoms with Crippen LogP contribution in [0.2, 0.25) is 0 Å². The van der Waals surface area contributed by atoms with E-state index < -0.39 is 5.92 Å². The van der Waals surface area contributed by atoms with E-state index in [1.807, 2.05) is 13.8 Å². The highest BCUT2D eigenvalue weighted by Crippen LogP contribution is 2.38. The van der Waals surface area contributed by atoms with Crippen molar-refractivity contribution in [3.63, 3.8) is 0 Å². The smallest absolute Gasteiger partial charge is 0.257 e. The first-order chi connectivity index (χ1) is 12.0. The van der Waals surface area contributed by atoms with Crippen molar-refractivity contribution in [1.82, 2.24) is 9.97 Å². The number of phenols is 1. The average molecular weight is 361 g/mol. The Morgan fingerprint density at radius 2 is 2.16 bits per heavy atom. The molecular weight excluding hydrogens is 342 g/mol. The molecule has 132 valence electrons. The largest absolute Gasteiger partial charge is 0.504 e. The summed E-state index contributed by atoms with van der Waals surface area (Å²) in [6, 6.07) is 4.87. The van der Waals surface area contributed by atoms with Crippen molar-refractivity contribution in [1.29, 1.82) is 0 Å². The number of thioether (sulfide) groups is 1. The van der Waals surface area contributed by atoms with Gasteiger partial charge in [0.1, 0.15) is 5.82 Å². The van der Waals surface area contributed by atoms with E-state index in [1.54, 1.807) is 12.1 Å². The third-order valence-corrected chi connectivity index (χ3v) is 4.65. The normalized spacial score (nSPS) is 16.2. The van der Waals surface area contributed by atoms with Gasteiger partial charge in [-0.25, -0.2) is 4.98 Å². The van der Waals surface area contributed by atoms with Crippen LogP contribution in [0.3, 0.4) is 0 Å². The number of amides is 1. The number of aromatic nitrogens is 2. The molecule has 25 heavy (non-hydrogen) atoms. The van der Waals surface area contributed by atoms with Crippen molar-refractivity contribution in [2.45, 2.75) is 31.3 Å². The molecule has 1 aromatic carbocycles. The number of aromatic hydroxyl groups is 1. The molecule has 3 N–H and O–H groups in total. The van der Waals surface area contributed by atoms with E-state index in [0.717, 1.165) is 11.3 Å². The molecule has 0 spiro atoms. The number of rotatable bonds is 5. The molecule has 1 aromatic heterocycles. The minimum Gasteiger partial charge on any atom is -0.504 e. The standard InChI is InChI=1S/C17H19N3O4S/c1-3-24-12-7-9(5-6-11(12)21)10-8-13(22)18-15-14(10)16(23)20-17(19-15)25-4-2/h5-7,10,21H,3-4,8H2,1-2H3,(H2,18,19,20,22,23)/t10-/m0/s1. The van der Waals surface area contributed by atoms with Gasteiger partial charge < -0.3 is 20.1 Å². The van der Waals surface area contributed by atoms with Gasteiger partial charge in [-0.15, -0.1) is 0 Å². The zero-order valence-electron chi connectivity index (χ0n) is 14.0. The number of phenolic OH excluding ortho intramolecular Hbond substituents is 1. The van der Waals surface area contributed by atoms with Crippen molar-refractivity contribution < 1.29 is 14.6 Å². The number of anilines is 1. The summed E-state index contributed by atoms with van der Waals surface area (Å²) >= 11 is 1.40. The van der Waals surface area contributed by atoms with Crippen molar-refractivity contribution >= 4 is 23.5 Å². The number of nitrogens with one attached hydrogen (secondary N) is 2. The van der Waals surface area contributed by atoms with E-state index in [2.05, 4.69) is 15.3 Å². The van der Waals surface area contributed by atoms with E-state index in [4.69, 9.17) is 4.74 Å². The van der Waals surface area contributed by atoms with Crippen molar-refractivity contribution in [2.24, 2.45) is 0 Å². The maximum Gasteiger partial charge on any atom is 0.257 e. The Hall–Kier alpha value is -2.48. The summed E-state index contributed by atoms with van der Waals surface area (Å²) in [5.41, 5.74) is 0.880. The molecule has 0 fully saturated rings. The van der Waals surface area contributed by atoms with Gasteiger partial charge in [0.2, 0.25) is 5.91 Å². The van der Waals surface area contributed by atoms with Crippen molar-refractivity contribution in [2.75, 3.05) is 17.7 Å². The van der Waals surface area contributed by atoms with Crippen LogP contribution in [-0.2, 0) is 4.79 Å². The molecule has 7 nitrogen and oxygen atoms in total. The second-order valence-corrected chi connectivity index (χ2v) is 6.78. The molecule has 2 heterocycles. The van der Waals surface area contributed by atoms with Crippen LogP contribution >= 0.6 is 11.8 Å². The number of fused-ring (bicyclic) bond motifs is 1. The van der Waals surface area contributed by atoms with Crippen molar-refractivity contribution in [3.8, 4) is 11.5 Å². The van der Waals surface area contributed by atoms with Crippen LogP contribution in [0.25, 0.3) is 0 Å². The Balaban J connectivity index is 2.09. The predicted octanol–water partition coefficient (Wildman–Crippen LogP) is 2.46. The molecule has 3 rings (SSSR count). The number of hydrogen-bond donors (Lipinski definition) is 3. The lowest BCUT2D eigenvalue weighted by Crippen LogP contribution is -2.31.